The Morgan fingerprint density at radius 2 is 2.26 bits per heavy atom. The van der Waals surface area contributed by atoms with E-state index in [1.54, 1.807) is 0 Å². The van der Waals surface area contributed by atoms with E-state index in [9.17, 15) is 10.1 Å². The van der Waals surface area contributed by atoms with Gasteiger partial charge in [-0.3, -0.25) is 15.5 Å². The Labute approximate surface area is 120 Å². The molecule has 0 saturated heterocycles. The van der Waals surface area contributed by atoms with E-state index in [2.05, 4.69) is 31.3 Å². The number of nitrogen functional groups attached to an aromatic ring is 1. The van der Waals surface area contributed by atoms with Crippen molar-refractivity contribution in [3.05, 3.63) is 45.0 Å². The van der Waals surface area contributed by atoms with Gasteiger partial charge < -0.3 is 0 Å². The van der Waals surface area contributed by atoms with Crippen LogP contribution in [0.1, 0.15) is 0 Å². The van der Waals surface area contributed by atoms with Crippen molar-refractivity contribution in [1.29, 1.82) is 0 Å². The molecule has 9 heteroatoms. The lowest BCUT2D eigenvalue weighted by Gasteiger charge is -2.04. The highest BCUT2D eigenvalue weighted by Crippen LogP contribution is 2.34. The number of anilines is 1. The molecule has 0 spiro atoms. The third kappa shape index (κ3) is 3.40. The molecule has 0 aliphatic heterocycles. The van der Waals surface area contributed by atoms with Gasteiger partial charge in [-0.1, -0.05) is 33.8 Å². The summed E-state index contributed by atoms with van der Waals surface area (Å²) in [4.78, 5) is 18.9. The number of nitrogens with one attached hydrogen (secondary N) is 1. The number of benzene rings is 1. The van der Waals surface area contributed by atoms with Crippen LogP contribution in [0.2, 0.25) is 0 Å². The van der Waals surface area contributed by atoms with Gasteiger partial charge in [0.05, 0.1) is 4.92 Å². The van der Waals surface area contributed by atoms with Gasteiger partial charge in [0.25, 0.3) is 0 Å². The molecule has 0 unspecified atom stereocenters. The number of hydrazine groups is 1. The van der Waals surface area contributed by atoms with Crippen LogP contribution >= 0.6 is 27.7 Å². The van der Waals surface area contributed by atoms with Crippen molar-refractivity contribution in [3.8, 4) is 0 Å². The zero-order valence-electron chi connectivity index (χ0n) is 9.41. The van der Waals surface area contributed by atoms with Crippen molar-refractivity contribution in [1.82, 2.24) is 9.97 Å². The van der Waals surface area contributed by atoms with E-state index in [1.165, 1.54) is 11.8 Å². The van der Waals surface area contributed by atoms with Gasteiger partial charge >= 0.3 is 5.69 Å². The van der Waals surface area contributed by atoms with Crippen molar-refractivity contribution < 1.29 is 4.92 Å². The van der Waals surface area contributed by atoms with Crippen molar-refractivity contribution in [2.75, 3.05) is 5.43 Å². The Hall–Kier alpha value is -1.71. The van der Waals surface area contributed by atoms with E-state index in [0.29, 0.717) is 0 Å². The molecule has 1 aromatic heterocycles. The minimum atomic E-state index is -0.527. The van der Waals surface area contributed by atoms with Gasteiger partial charge in [-0.05, 0) is 18.2 Å². The Kier molecular flexibility index (Phi) is 4.30. The molecule has 0 atom stereocenters. The van der Waals surface area contributed by atoms with Crippen LogP contribution in [0.3, 0.4) is 0 Å². The molecular weight excluding hydrogens is 334 g/mol. The predicted molar refractivity (Wildman–Crippen MR) is 74.8 cm³/mol. The summed E-state index contributed by atoms with van der Waals surface area (Å²) in [7, 11) is 0. The first-order chi connectivity index (χ1) is 9.10. The molecule has 0 amide bonds. The molecule has 0 saturated carbocycles. The molecule has 0 aliphatic carbocycles. The fourth-order valence-electron chi connectivity index (χ4n) is 1.27. The molecule has 0 fully saturated rings. The van der Waals surface area contributed by atoms with Crippen LogP contribution in [0.25, 0.3) is 0 Å². The van der Waals surface area contributed by atoms with Crippen LogP contribution in [-0.2, 0) is 0 Å². The molecule has 2 rings (SSSR count). The van der Waals surface area contributed by atoms with Gasteiger partial charge in [-0.25, -0.2) is 10.8 Å². The van der Waals surface area contributed by atoms with Gasteiger partial charge in [0.15, 0.2) is 5.03 Å². The van der Waals surface area contributed by atoms with E-state index >= 15 is 0 Å². The Morgan fingerprint density at radius 3 is 2.89 bits per heavy atom. The highest BCUT2D eigenvalue weighted by molar-refractivity contribution is 9.10. The van der Waals surface area contributed by atoms with Gasteiger partial charge in [-0.15, -0.1) is 0 Å². The second-order valence-electron chi connectivity index (χ2n) is 3.34. The van der Waals surface area contributed by atoms with Crippen LogP contribution in [0.4, 0.5) is 11.6 Å². The van der Waals surface area contributed by atoms with E-state index < -0.39 is 4.92 Å². The van der Waals surface area contributed by atoms with Gasteiger partial charge in [0.2, 0.25) is 5.95 Å². The fraction of sp³-hybridized carbons (Fsp3) is 0. The predicted octanol–water partition coefficient (Wildman–Crippen LogP) is 2.58. The van der Waals surface area contributed by atoms with Crippen molar-refractivity contribution in [2.24, 2.45) is 5.84 Å². The third-order valence-electron chi connectivity index (χ3n) is 2.07. The number of nitrogens with zero attached hydrogens (tertiary/aromatic N) is 3. The van der Waals surface area contributed by atoms with Crippen LogP contribution in [-0.4, -0.2) is 14.9 Å². The quantitative estimate of drug-likeness (QED) is 0.381. The molecule has 0 aliphatic rings. The molecule has 1 aromatic carbocycles. The third-order valence-corrected chi connectivity index (χ3v) is 3.55. The van der Waals surface area contributed by atoms with Crippen molar-refractivity contribution in [3.63, 3.8) is 0 Å². The van der Waals surface area contributed by atoms with Crippen LogP contribution in [0, 0.1) is 10.1 Å². The smallest absolute Gasteiger partial charge is 0.292 e. The van der Waals surface area contributed by atoms with E-state index in [-0.39, 0.29) is 16.7 Å². The average Bonchev–Trinajstić information content (AvgIpc) is 2.38. The highest BCUT2D eigenvalue weighted by Gasteiger charge is 2.18. The maximum Gasteiger partial charge on any atom is 0.320 e. The van der Waals surface area contributed by atoms with Crippen LogP contribution in [0.15, 0.2) is 44.9 Å². The number of halogens is 1. The first-order valence-electron chi connectivity index (χ1n) is 5.01. The largest absolute Gasteiger partial charge is 0.320 e. The minimum Gasteiger partial charge on any atom is -0.292 e. The highest BCUT2D eigenvalue weighted by atomic mass is 79.9. The van der Waals surface area contributed by atoms with Gasteiger partial charge in [0, 0.05) is 9.37 Å². The lowest BCUT2D eigenvalue weighted by molar-refractivity contribution is -0.388. The topological polar surface area (TPSA) is 107 Å². The molecule has 0 radical (unpaired) electrons. The summed E-state index contributed by atoms with van der Waals surface area (Å²) in [5.74, 6) is 5.33. The SMILES string of the molecule is NNc1ncc([N+](=O)[O-])c(Sc2cccc(Br)c2)n1. The lowest BCUT2D eigenvalue weighted by atomic mass is 10.4. The second-order valence-corrected chi connectivity index (χ2v) is 5.32. The summed E-state index contributed by atoms with van der Waals surface area (Å²) in [6.45, 7) is 0. The zero-order valence-corrected chi connectivity index (χ0v) is 11.8. The monoisotopic (exact) mass is 341 g/mol. The molecule has 7 nitrogen and oxygen atoms in total. The number of nitrogens with two attached hydrogens (primary N) is 1. The summed E-state index contributed by atoms with van der Waals surface area (Å²) in [5.41, 5.74) is 2.10. The molecule has 98 valence electrons. The molecule has 3 N–H and O–H groups in total. The summed E-state index contributed by atoms with van der Waals surface area (Å²) in [5, 5.41) is 11.2. The molecule has 19 heavy (non-hydrogen) atoms. The fourth-order valence-corrected chi connectivity index (χ4v) is 2.74. The van der Waals surface area contributed by atoms with Gasteiger partial charge in [0.1, 0.15) is 6.20 Å². The number of aromatic nitrogens is 2. The number of nitro groups is 1. The summed E-state index contributed by atoms with van der Waals surface area (Å²) >= 11 is 4.51. The maximum absolute atomic E-state index is 10.9. The van der Waals surface area contributed by atoms with Crippen LogP contribution in [0.5, 0.6) is 0 Å². The minimum absolute atomic E-state index is 0.128. The summed E-state index contributed by atoms with van der Waals surface area (Å²) < 4.78 is 0.881. The second kappa shape index (κ2) is 5.95. The number of hydrogen-bond acceptors (Lipinski definition) is 7. The summed E-state index contributed by atoms with van der Waals surface area (Å²) in [6.07, 6.45) is 1.13. The normalized spacial score (nSPS) is 10.2. The number of hydrogen-bond donors (Lipinski definition) is 2. The molecular formula is C10H8BrN5O2S. The summed E-state index contributed by atoms with van der Waals surface area (Å²) in [6, 6.07) is 7.37. The van der Waals surface area contributed by atoms with E-state index in [1.807, 2.05) is 24.3 Å². The van der Waals surface area contributed by atoms with Gasteiger partial charge in [-0.2, -0.15) is 4.98 Å². The van der Waals surface area contributed by atoms with Crippen molar-refractivity contribution in [2.45, 2.75) is 9.92 Å². The van der Waals surface area contributed by atoms with E-state index in [4.69, 9.17) is 5.84 Å². The molecule has 0 bridgehead atoms. The number of rotatable bonds is 4. The first kappa shape index (κ1) is 13.7. The van der Waals surface area contributed by atoms with E-state index in [0.717, 1.165) is 15.6 Å². The Bertz CT molecular complexity index is 625. The van der Waals surface area contributed by atoms with Crippen LogP contribution < -0.4 is 11.3 Å². The molecule has 2 aromatic rings. The Balaban J connectivity index is 2.39. The Morgan fingerprint density at radius 1 is 1.47 bits per heavy atom. The lowest BCUT2D eigenvalue weighted by Crippen LogP contribution is -2.11. The molecule has 1 heterocycles. The standard InChI is InChI=1S/C10H8BrN5O2S/c11-6-2-1-3-7(4-6)19-9-8(16(17)18)5-13-10(14-9)15-12/h1-5H,12H2,(H,13,14,15). The average molecular weight is 342 g/mol. The maximum atomic E-state index is 10.9. The first-order valence-corrected chi connectivity index (χ1v) is 6.62. The zero-order chi connectivity index (χ0) is 13.8. The van der Waals surface area contributed by atoms with Crippen molar-refractivity contribution >= 4 is 39.3 Å².